The summed E-state index contributed by atoms with van der Waals surface area (Å²) >= 11 is 5.85. The Bertz CT molecular complexity index is 652. The fourth-order valence-corrected chi connectivity index (χ4v) is 1.88. The molecular weight excluding hydrogens is 270 g/mol. The smallest absolute Gasteiger partial charge is 0.336 e. The molecule has 0 aliphatic rings. The summed E-state index contributed by atoms with van der Waals surface area (Å²) in [6.07, 6.45) is 0. The second-order valence-corrected chi connectivity index (χ2v) is 4.24. The van der Waals surface area contributed by atoms with E-state index < -0.39 is 10.9 Å². The molecule has 0 unspecified atom stereocenters. The number of carbonyl (C=O) groups is 1. The molecule has 0 amide bonds. The molecule has 0 aliphatic carbocycles. The van der Waals surface area contributed by atoms with Crippen LogP contribution in [0.1, 0.15) is 10.4 Å². The van der Waals surface area contributed by atoms with Crippen molar-refractivity contribution in [3.63, 3.8) is 0 Å². The van der Waals surface area contributed by atoms with Crippen molar-refractivity contribution < 1.29 is 14.8 Å². The molecule has 0 heterocycles. The van der Waals surface area contributed by atoms with Gasteiger partial charge in [-0.15, -0.1) is 0 Å². The minimum absolute atomic E-state index is 0.0531. The highest BCUT2D eigenvalue weighted by molar-refractivity contribution is 6.31. The standard InChI is InChI=1S/C13H8ClNO4/c14-9-3-6-11(13(16)17)12(7-9)8-1-4-10(5-2-8)15(18)19/h1-7H,(H,16,17). The monoisotopic (exact) mass is 277 g/mol. The van der Waals surface area contributed by atoms with Gasteiger partial charge in [-0.05, 0) is 41.5 Å². The van der Waals surface area contributed by atoms with Gasteiger partial charge in [0.1, 0.15) is 0 Å². The van der Waals surface area contributed by atoms with Crippen molar-refractivity contribution >= 4 is 23.3 Å². The maximum absolute atomic E-state index is 11.1. The highest BCUT2D eigenvalue weighted by atomic mass is 35.5. The van der Waals surface area contributed by atoms with Gasteiger partial charge in [-0.2, -0.15) is 0 Å². The maximum atomic E-state index is 11.1. The Balaban J connectivity index is 2.54. The van der Waals surface area contributed by atoms with Crippen LogP contribution in [0, 0.1) is 10.1 Å². The Morgan fingerprint density at radius 1 is 1.16 bits per heavy atom. The van der Waals surface area contributed by atoms with Gasteiger partial charge in [-0.3, -0.25) is 10.1 Å². The Morgan fingerprint density at radius 3 is 2.32 bits per heavy atom. The first kappa shape index (κ1) is 13.0. The van der Waals surface area contributed by atoms with Crippen molar-refractivity contribution in [2.75, 3.05) is 0 Å². The summed E-state index contributed by atoms with van der Waals surface area (Å²) in [6, 6.07) is 10.0. The molecule has 0 atom stereocenters. The van der Waals surface area contributed by atoms with Crippen LogP contribution in [-0.2, 0) is 0 Å². The second kappa shape index (κ2) is 5.07. The summed E-state index contributed by atoms with van der Waals surface area (Å²) < 4.78 is 0. The first-order valence-corrected chi connectivity index (χ1v) is 5.64. The Labute approximate surface area is 113 Å². The minimum atomic E-state index is -1.08. The van der Waals surface area contributed by atoms with Gasteiger partial charge >= 0.3 is 5.97 Å². The summed E-state index contributed by atoms with van der Waals surface area (Å²) in [4.78, 5) is 21.2. The molecule has 0 spiro atoms. The number of nitro benzene ring substituents is 1. The molecule has 0 aromatic heterocycles. The maximum Gasteiger partial charge on any atom is 0.336 e. The third-order valence-corrected chi connectivity index (χ3v) is 2.84. The van der Waals surface area contributed by atoms with Gasteiger partial charge in [-0.1, -0.05) is 11.6 Å². The molecule has 96 valence electrons. The number of hydrogen-bond donors (Lipinski definition) is 1. The molecule has 1 N–H and O–H groups in total. The summed E-state index contributed by atoms with van der Waals surface area (Å²) in [7, 11) is 0. The Morgan fingerprint density at radius 2 is 1.79 bits per heavy atom. The number of aromatic carboxylic acids is 1. The lowest BCUT2D eigenvalue weighted by Crippen LogP contribution is -1.99. The molecule has 2 aromatic carbocycles. The zero-order chi connectivity index (χ0) is 14.0. The van der Waals surface area contributed by atoms with Gasteiger partial charge in [0.15, 0.2) is 0 Å². The summed E-state index contributed by atoms with van der Waals surface area (Å²) in [5.74, 6) is -1.08. The largest absolute Gasteiger partial charge is 0.478 e. The quantitative estimate of drug-likeness (QED) is 0.686. The van der Waals surface area contributed by atoms with Crippen LogP contribution in [0.15, 0.2) is 42.5 Å². The Kier molecular flexibility index (Phi) is 3.48. The number of carboxylic acids is 1. The minimum Gasteiger partial charge on any atom is -0.478 e. The normalized spacial score (nSPS) is 10.2. The molecule has 19 heavy (non-hydrogen) atoms. The van der Waals surface area contributed by atoms with E-state index in [0.29, 0.717) is 16.1 Å². The molecule has 0 fully saturated rings. The highest BCUT2D eigenvalue weighted by Gasteiger charge is 2.13. The molecule has 2 rings (SSSR count). The topological polar surface area (TPSA) is 80.4 Å². The first-order valence-electron chi connectivity index (χ1n) is 5.26. The van der Waals surface area contributed by atoms with Gasteiger partial charge in [0.25, 0.3) is 5.69 Å². The zero-order valence-electron chi connectivity index (χ0n) is 9.54. The van der Waals surface area contributed by atoms with Crippen LogP contribution < -0.4 is 0 Å². The van der Waals surface area contributed by atoms with E-state index in [1.165, 1.54) is 42.5 Å². The lowest BCUT2D eigenvalue weighted by atomic mass is 9.99. The molecule has 0 aliphatic heterocycles. The third-order valence-electron chi connectivity index (χ3n) is 2.60. The number of rotatable bonds is 3. The Hall–Kier alpha value is -2.40. The SMILES string of the molecule is O=C(O)c1ccc(Cl)cc1-c1ccc([N+](=O)[O-])cc1. The predicted octanol–water partition coefficient (Wildman–Crippen LogP) is 3.61. The predicted molar refractivity (Wildman–Crippen MR) is 70.5 cm³/mol. The molecule has 0 saturated carbocycles. The van der Waals surface area contributed by atoms with Gasteiger partial charge < -0.3 is 5.11 Å². The van der Waals surface area contributed by atoms with Gasteiger partial charge in [-0.25, -0.2) is 4.79 Å². The van der Waals surface area contributed by atoms with E-state index in [1.807, 2.05) is 0 Å². The van der Waals surface area contributed by atoms with Crippen LogP contribution in [0.2, 0.25) is 5.02 Å². The summed E-state index contributed by atoms with van der Waals surface area (Å²) in [6.45, 7) is 0. The van der Waals surface area contributed by atoms with Crippen LogP contribution in [0.3, 0.4) is 0 Å². The molecule has 0 radical (unpaired) electrons. The molecule has 6 heteroatoms. The second-order valence-electron chi connectivity index (χ2n) is 3.80. The first-order chi connectivity index (χ1) is 8.99. The molecule has 0 saturated heterocycles. The van der Waals surface area contributed by atoms with Crippen LogP contribution in [0.4, 0.5) is 5.69 Å². The van der Waals surface area contributed by atoms with Crippen LogP contribution in [-0.4, -0.2) is 16.0 Å². The number of hydrogen-bond acceptors (Lipinski definition) is 3. The average Bonchev–Trinajstić information content (AvgIpc) is 2.38. The fraction of sp³-hybridized carbons (Fsp3) is 0. The van der Waals surface area contributed by atoms with Crippen LogP contribution >= 0.6 is 11.6 Å². The van der Waals surface area contributed by atoms with E-state index in [-0.39, 0.29) is 11.3 Å². The van der Waals surface area contributed by atoms with E-state index in [0.717, 1.165) is 0 Å². The number of nitro groups is 1. The third kappa shape index (κ3) is 2.71. The van der Waals surface area contributed by atoms with Crippen LogP contribution in [0.5, 0.6) is 0 Å². The van der Waals surface area contributed by atoms with Gasteiger partial charge in [0.2, 0.25) is 0 Å². The van der Waals surface area contributed by atoms with E-state index >= 15 is 0 Å². The number of non-ortho nitro benzene ring substituents is 1. The van der Waals surface area contributed by atoms with Crippen LogP contribution in [0.25, 0.3) is 11.1 Å². The molecule has 5 nitrogen and oxygen atoms in total. The fourth-order valence-electron chi connectivity index (χ4n) is 1.70. The van der Waals surface area contributed by atoms with Crippen molar-refractivity contribution in [1.82, 2.24) is 0 Å². The van der Waals surface area contributed by atoms with E-state index in [9.17, 15) is 14.9 Å². The van der Waals surface area contributed by atoms with E-state index in [1.54, 1.807) is 0 Å². The number of carboxylic acid groups (broad SMARTS) is 1. The van der Waals surface area contributed by atoms with Crippen molar-refractivity contribution in [2.45, 2.75) is 0 Å². The molecular formula is C13H8ClNO4. The number of benzene rings is 2. The molecule has 0 bridgehead atoms. The number of nitrogens with zero attached hydrogens (tertiary/aromatic N) is 1. The molecule has 2 aromatic rings. The van der Waals surface area contributed by atoms with Gasteiger partial charge in [0, 0.05) is 17.2 Å². The van der Waals surface area contributed by atoms with Crippen molar-refractivity contribution in [3.05, 3.63) is 63.2 Å². The average molecular weight is 278 g/mol. The lowest BCUT2D eigenvalue weighted by molar-refractivity contribution is -0.384. The highest BCUT2D eigenvalue weighted by Crippen LogP contribution is 2.28. The summed E-state index contributed by atoms with van der Waals surface area (Å²) in [5, 5.41) is 20.1. The number of halogens is 1. The van der Waals surface area contributed by atoms with Crippen molar-refractivity contribution in [2.24, 2.45) is 0 Å². The van der Waals surface area contributed by atoms with Gasteiger partial charge in [0.05, 0.1) is 10.5 Å². The van der Waals surface area contributed by atoms with Crippen molar-refractivity contribution in [3.8, 4) is 11.1 Å². The van der Waals surface area contributed by atoms with E-state index in [2.05, 4.69) is 0 Å². The lowest BCUT2D eigenvalue weighted by Gasteiger charge is -2.06. The zero-order valence-corrected chi connectivity index (χ0v) is 10.3. The van der Waals surface area contributed by atoms with E-state index in [4.69, 9.17) is 16.7 Å². The van der Waals surface area contributed by atoms with Crippen molar-refractivity contribution in [1.29, 1.82) is 0 Å². The summed E-state index contributed by atoms with van der Waals surface area (Å²) in [5.41, 5.74) is 1.03.